The summed E-state index contributed by atoms with van der Waals surface area (Å²) in [4.78, 5) is 11.2. The van der Waals surface area contributed by atoms with Crippen molar-refractivity contribution in [2.75, 3.05) is 0 Å². The van der Waals surface area contributed by atoms with Crippen molar-refractivity contribution < 1.29 is 9.32 Å². The summed E-state index contributed by atoms with van der Waals surface area (Å²) >= 11 is 0. The molecule has 98 valence electrons. The average molecular weight is 263 g/mol. The molecule has 0 unspecified atom stereocenters. The van der Waals surface area contributed by atoms with E-state index in [1.165, 1.54) is 5.56 Å². The Labute approximate surface area is 116 Å². The Kier molecular flexibility index (Phi) is 3.17. The topological polar surface area (TPSA) is 43.1 Å². The fourth-order valence-corrected chi connectivity index (χ4v) is 2.17. The van der Waals surface area contributed by atoms with Crippen LogP contribution < -0.4 is 0 Å². The Morgan fingerprint density at radius 2 is 1.65 bits per heavy atom. The number of aryl methyl sites for hydroxylation is 1. The van der Waals surface area contributed by atoms with E-state index >= 15 is 0 Å². The lowest BCUT2D eigenvalue weighted by molar-refractivity contribution is 0.111. The van der Waals surface area contributed by atoms with Crippen LogP contribution in [0.2, 0.25) is 0 Å². The van der Waals surface area contributed by atoms with Gasteiger partial charge in [-0.25, -0.2) is 0 Å². The summed E-state index contributed by atoms with van der Waals surface area (Å²) in [6.07, 6.45) is 0.727. The summed E-state index contributed by atoms with van der Waals surface area (Å²) in [6.45, 7) is 2.02. The summed E-state index contributed by atoms with van der Waals surface area (Å²) in [5.41, 5.74) is 4.07. The molecule has 3 rings (SSSR count). The molecule has 2 aromatic carbocycles. The minimum absolute atomic E-state index is 0.327. The van der Waals surface area contributed by atoms with Crippen molar-refractivity contribution in [1.82, 2.24) is 5.16 Å². The van der Waals surface area contributed by atoms with Crippen LogP contribution in [0.15, 0.2) is 59.1 Å². The highest BCUT2D eigenvalue weighted by molar-refractivity contribution is 5.92. The van der Waals surface area contributed by atoms with Gasteiger partial charge in [-0.2, -0.15) is 0 Å². The lowest BCUT2D eigenvalue weighted by atomic mass is 9.99. The van der Waals surface area contributed by atoms with Crippen LogP contribution in [-0.4, -0.2) is 11.4 Å². The zero-order valence-corrected chi connectivity index (χ0v) is 11.0. The number of nitrogens with zero attached hydrogens (tertiary/aromatic N) is 1. The molecule has 3 nitrogen and oxygen atoms in total. The Bertz CT molecular complexity index is 727. The molecule has 0 bridgehead atoms. The lowest BCUT2D eigenvalue weighted by Crippen LogP contribution is -1.87. The molecule has 0 saturated heterocycles. The Morgan fingerprint density at radius 3 is 2.30 bits per heavy atom. The minimum atomic E-state index is 0.327. The summed E-state index contributed by atoms with van der Waals surface area (Å²) in [6, 6.07) is 17.6. The van der Waals surface area contributed by atoms with E-state index in [2.05, 4.69) is 5.16 Å². The average Bonchev–Trinajstić information content (AvgIpc) is 2.93. The highest BCUT2D eigenvalue weighted by atomic mass is 16.5. The van der Waals surface area contributed by atoms with Gasteiger partial charge in [0.2, 0.25) is 0 Å². The van der Waals surface area contributed by atoms with Crippen LogP contribution in [-0.2, 0) is 0 Å². The second-order valence-corrected chi connectivity index (χ2v) is 4.62. The zero-order chi connectivity index (χ0) is 13.9. The van der Waals surface area contributed by atoms with E-state index in [0.29, 0.717) is 11.5 Å². The molecule has 1 aromatic heterocycles. The standard InChI is InChI=1S/C17H13NO2/c1-12-7-9-13(10-8-12)16-15(11-19)18-20-17(16)14-5-3-2-4-6-14/h2-11H,1H3. The predicted molar refractivity (Wildman–Crippen MR) is 77.5 cm³/mol. The van der Waals surface area contributed by atoms with Gasteiger partial charge in [-0.05, 0) is 12.5 Å². The van der Waals surface area contributed by atoms with Gasteiger partial charge in [-0.15, -0.1) is 0 Å². The molecule has 0 fully saturated rings. The maximum absolute atomic E-state index is 11.2. The molecular weight excluding hydrogens is 250 g/mol. The van der Waals surface area contributed by atoms with E-state index in [0.717, 1.165) is 23.0 Å². The second kappa shape index (κ2) is 5.13. The molecule has 0 amide bonds. The number of aldehydes is 1. The minimum Gasteiger partial charge on any atom is -0.355 e. The maximum Gasteiger partial charge on any atom is 0.175 e. The van der Waals surface area contributed by atoms with Crippen LogP contribution in [0.5, 0.6) is 0 Å². The molecule has 0 aliphatic carbocycles. The molecule has 0 aliphatic heterocycles. The highest BCUT2D eigenvalue weighted by Gasteiger charge is 2.18. The first kappa shape index (κ1) is 12.4. The number of carbonyl (C=O) groups is 1. The molecule has 0 aliphatic rings. The van der Waals surface area contributed by atoms with Crippen molar-refractivity contribution in [2.24, 2.45) is 0 Å². The maximum atomic E-state index is 11.2. The van der Waals surface area contributed by atoms with Gasteiger partial charge in [0.05, 0.1) is 5.56 Å². The molecule has 1 heterocycles. The highest BCUT2D eigenvalue weighted by Crippen LogP contribution is 2.34. The van der Waals surface area contributed by atoms with E-state index in [-0.39, 0.29) is 0 Å². The molecular formula is C17H13NO2. The number of carbonyl (C=O) groups excluding carboxylic acids is 1. The molecule has 0 atom stereocenters. The van der Waals surface area contributed by atoms with Crippen LogP contribution in [0.25, 0.3) is 22.5 Å². The van der Waals surface area contributed by atoms with Gasteiger partial charge < -0.3 is 4.52 Å². The molecule has 3 aromatic rings. The number of hydrogen-bond donors (Lipinski definition) is 0. The van der Waals surface area contributed by atoms with E-state index in [1.807, 2.05) is 61.5 Å². The first-order valence-electron chi connectivity index (χ1n) is 6.37. The molecule has 0 saturated carbocycles. The SMILES string of the molecule is Cc1ccc(-c2c(C=O)noc2-c2ccccc2)cc1. The molecule has 0 spiro atoms. The van der Waals surface area contributed by atoms with Gasteiger partial charge >= 0.3 is 0 Å². The first-order valence-corrected chi connectivity index (χ1v) is 6.37. The van der Waals surface area contributed by atoms with Crippen LogP contribution >= 0.6 is 0 Å². The Morgan fingerprint density at radius 1 is 0.950 bits per heavy atom. The van der Waals surface area contributed by atoms with Gasteiger partial charge in [0.1, 0.15) is 0 Å². The van der Waals surface area contributed by atoms with Crippen molar-refractivity contribution in [3.05, 3.63) is 65.9 Å². The summed E-state index contributed by atoms with van der Waals surface area (Å²) in [7, 11) is 0. The summed E-state index contributed by atoms with van der Waals surface area (Å²) < 4.78 is 5.38. The quantitative estimate of drug-likeness (QED) is 0.667. The lowest BCUT2D eigenvalue weighted by Gasteiger charge is -2.03. The van der Waals surface area contributed by atoms with Crippen LogP contribution in [0, 0.1) is 6.92 Å². The third-order valence-electron chi connectivity index (χ3n) is 3.21. The number of benzene rings is 2. The van der Waals surface area contributed by atoms with E-state index in [9.17, 15) is 4.79 Å². The molecule has 0 N–H and O–H groups in total. The zero-order valence-electron chi connectivity index (χ0n) is 11.0. The van der Waals surface area contributed by atoms with E-state index in [4.69, 9.17) is 4.52 Å². The largest absolute Gasteiger partial charge is 0.355 e. The van der Waals surface area contributed by atoms with Gasteiger partial charge in [-0.3, -0.25) is 4.79 Å². The summed E-state index contributed by atoms with van der Waals surface area (Å²) in [5.74, 6) is 0.622. The fraction of sp³-hybridized carbons (Fsp3) is 0.0588. The van der Waals surface area contributed by atoms with Gasteiger partial charge in [-0.1, -0.05) is 65.3 Å². The normalized spacial score (nSPS) is 10.4. The number of hydrogen-bond acceptors (Lipinski definition) is 3. The Balaban J connectivity index is 2.20. The Hall–Kier alpha value is -2.68. The molecule has 0 radical (unpaired) electrons. The summed E-state index contributed by atoms with van der Waals surface area (Å²) in [5, 5.41) is 3.87. The van der Waals surface area contributed by atoms with Crippen molar-refractivity contribution >= 4 is 6.29 Å². The molecule has 20 heavy (non-hydrogen) atoms. The van der Waals surface area contributed by atoms with Crippen molar-refractivity contribution in [3.8, 4) is 22.5 Å². The van der Waals surface area contributed by atoms with Gasteiger partial charge in [0.15, 0.2) is 17.7 Å². The number of aromatic nitrogens is 1. The monoisotopic (exact) mass is 263 g/mol. The smallest absolute Gasteiger partial charge is 0.175 e. The van der Waals surface area contributed by atoms with Crippen molar-refractivity contribution in [2.45, 2.75) is 6.92 Å². The van der Waals surface area contributed by atoms with E-state index < -0.39 is 0 Å². The van der Waals surface area contributed by atoms with E-state index in [1.54, 1.807) is 0 Å². The van der Waals surface area contributed by atoms with Gasteiger partial charge in [0.25, 0.3) is 0 Å². The van der Waals surface area contributed by atoms with Crippen LogP contribution in [0.4, 0.5) is 0 Å². The fourth-order valence-electron chi connectivity index (χ4n) is 2.17. The van der Waals surface area contributed by atoms with Gasteiger partial charge in [0, 0.05) is 5.56 Å². The van der Waals surface area contributed by atoms with Crippen LogP contribution in [0.3, 0.4) is 0 Å². The third kappa shape index (κ3) is 2.14. The third-order valence-corrected chi connectivity index (χ3v) is 3.21. The van der Waals surface area contributed by atoms with Crippen LogP contribution in [0.1, 0.15) is 16.1 Å². The number of rotatable bonds is 3. The first-order chi connectivity index (χ1) is 9.79. The van der Waals surface area contributed by atoms with Crippen molar-refractivity contribution in [3.63, 3.8) is 0 Å². The molecule has 3 heteroatoms. The van der Waals surface area contributed by atoms with Crippen molar-refractivity contribution in [1.29, 1.82) is 0 Å². The predicted octanol–water partition coefficient (Wildman–Crippen LogP) is 4.13. The second-order valence-electron chi connectivity index (χ2n) is 4.62.